The van der Waals surface area contributed by atoms with Crippen LogP contribution in [0.25, 0.3) is 0 Å². The van der Waals surface area contributed by atoms with Gasteiger partial charge < -0.3 is 5.32 Å². The summed E-state index contributed by atoms with van der Waals surface area (Å²) in [7, 11) is 0. The molecule has 2 rings (SSSR count). The van der Waals surface area contributed by atoms with E-state index in [1.165, 1.54) is 12.1 Å². The van der Waals surface area contributed by atoms with E-state index < -0.39 is 10.7 Å². The van der Waals surface area contributed by atoms with Crippen molar-refractivity contribution in [1.82, 2.24) is 5.32 Å². The summed E-state index contributed by atoms with van der Waals surface area (Å²) in [5.74, 6) is 1.89. The molecule has 1 saturated heterocycles. The van der Waals surface area contributed by atoms with Crippen LogP contribution in [-0.4, -0.2) is 29.0 Å². The molecule has 4 nitrogen and oxygen atoms in total. The molecule has 1 N–H and O–H groups in total. The highest BCUT2D eigenvalue weighted by Gasteiger charge is 2.29. The zero-order valence-electron chi connectivity index (χ0n) is 10.8. The lowest BCUT2D eigenvalue weighted by Gasteiger charge is -2.19. The SMILES string of the molecule is CCNC1CSCC1Cc1cc(F)ccc1[N+](=O)[O-]. The Balaban J connectivity index is 2.17. The number of nitrogens with zero attached hydrogens (tertiary/aromatic N) is 1. The molecule has 2 atom stereocenters. The summed E-state index contributed by atoms with van der Waals surface area (Å²) in [5.41, 5.74) is 0.522. The van der Waals surface area contributed by atoms with Crippen LogP contribution in [0.5, 0.6) is 0 Å². The molecule has 1 aliphatic rings. The maximum Gasteiger partial charge on any atom is 0.272 e. The van der Waals surface area contributed by atoms with Gasteiger partial charge in [-0.25, -0.2) is 4.39 Å². The molecule has 0 spiro atoms. The van der Waals surface area contributed by atoms with Gasteiger partial charge in [0.1, 0.15) is 5.82 Å². The van der Waals surface area contributed by atoms with E-state index in [-0.39, 0.29) is 5.69 Å². The molecule has 1 heterocycles. The molecule has 2 unspecified atom stereocenters. The van der Waals surface area contributed by atoms with Crippen molar-refractivity contribution in [2.24, 2.45) is 5.92 Å². The van der Waals surface area contributed by atoms with Gasteiger partial charge in [0.05, 0.1) is 4.92 Å². The summed E-state index contributed by atoms with van der Waals surface area (Å²) in [4.78, 5) is 10.5. The third kappa shape index (κ3) is 3.45. The summed E-state index contributed by atoms with van der Waals surface area (Å²) in [6.07, 6.45) is 0.554. The van der Waals surface area contributed by atoms with E-state index in [9.17, 15) is 14.5 Å². The van der Waals surface area contributed by atoms with Crippen molar-refractivity contribution in [3.05, 3.63) is 39.7 Å². The van der Waals surface area contributed by atoms with Crippen molar-refractivity contribution in [3.8, 4) is 0 Å². The minimum absolute atomic E-state index is 0.0218. The van der Waals surface area contributed by atoms with Gasteiger partial charge in [-0.15, -0.1) is 0 Å². The fourth-order valence-electron chi connectivity index (χ4n) is 2.47. The van der Waals surface area contributed by atoms with Gasteiger partial charge in [0.15, 0.2) is 0 Å². The Morgan fingerprint density at radius 2 is 2.32 bits per heavy atom. The average Bonchev–Trinajstić information content (AvgIpc) is 2.77. The number of hydrogen-bond donors (Lipinski definition) is 1. The largest absolute Gasteiger partial charge is 0.313 e. The number of halogens is 1. The molecule has 104 valence electrons. The molecule has 1 aromatic rings. The van der Waals surface area contributed by atoms with Crippen molar-refractivity contribution in [1.29, 1.82) is 0 Å². The van der Waals surface area contributed by atoms with Gasteiger partial charge in [-0.3, -0.25) is 10.1 Å². The number of nitro benzene ring substituents is 1. The Hall–Kier alpha value is -1.14. The third-order valence-electron chi connectivity index (χ3n) is 3.39. The first-order valence-corrected chi connectivity index (χ1v) is 7.51. The van der Waals surface area contributed by atoms with Crippen molar-refractivity contribution in [2.75, 3.05) is 18.1 Å². The van der Waals surface area contributed by atoms with Crippen LogP contribution >= 0.6 is 11.8 Å². The molecule has 19 heavy (non-hydrogen) atoms. The van der Waals surface area contributed by atoms with Crippen molar-refractivity contribution >= 4 is 17.4 Å². The number of benzene rings is 1. The van der Waals surface area contributed by atoms with Crippen LogP contribution in [0.15, 0.2) is 18.2 Å². The maximum absolute atomic E-state index is 13.3. The fourth-order valence-corrected chi connectivity index (χ4v) is 3.90. The lowest BCUT2D eigenvalue weighted by molar-refractivity contribution is -0.385. The third-order valence-corrected chi connectivity index (χ3v) is 4.64. The highest BCUT2D eigenvalue weighted by atomic mass is 32.2. The van der Waals surface area contributed by atoms with Crippen LogP contribution in [0, 0.1) is 21.8 Å². The fraction of sp³-hybridized carbons (Fsp3) is 0.538. The highest BCUT2D eigenvalue weighted by molar-refractivity contribution is 7.99. The van der Waals surface area contributed by atoms with Gasteiger partial charge in [-0.2, -0.15) is 11.8 Å². The van der Waals surface area contributed by atoms with Crippen LogP contribution in [-0.2, 0) is 6.42 Å². The first-order valence-electron chi connectivity index (χ1n) is 6.35. The van der Waals surface area contributed by atoms with Crippen molar-refractivity contribution in [2.45, 2.75) is 19.4 Å². The van der Waals surface area contributed by atoms with E-state index in [4.69, 9.17) is 0 Å². The smallest absolute Gasteiger partial charge is 0.272 e. The van der Waals surface area contributed by atoms with Crippen LogP contribution in [0.4, 0.5) is 10.1 Å². The average molecular weight is 284 g/mol. The molecular weight excluding hydrogens is 267 g/mol. The molecule has 1 aliphatic heterocycles. The second kappa shape index (κ2) is 6.34. The van der Waals surface area contributed by atoms with Gasteiger partial charge in [0.25, 0.3) is 5.69 Å². The van der Waals surface area contributed by atoms with Gasteiger partial charge in [-0.1, -0.05) is 6.92 Å². The summed E-state index contributed by atoms with van der Waals surface area (Å²) < 4.78 is 13.3. The minimum atomic E-state index is -0.431. The second-order valence-electron chi connectivity index (χ2n) is 4.70. The summed E-state index contributed by atoms with van der Waals surface area (Å²) >= 11 is 1.84. The zero-order valence-corrected chi connectivity index (χ0v) is 11.6. The van der Waals surface area contributed by atoms with Crippen LogP contribution in [0.2, 0.25) is 0 Å². The van der Waals surface area contributed by atoms with Gasteiger partial charge in [0.2, 0.25) is 0 Å². The van der Waals surface area contributed by atoms with Gasteiger partial charge >= 0.3 is 0 Å². The molecule has 0 aliphatic carbocycles. The Morgan fingerprint density at radius 1 is 1.53 bits per heavy atom. The normalized spacial score (nSPS) is 22.6. The van der Waals surface area contributed by atoms with Crippen LogP contribution < -0.4 is 5.32 Å². The highest BCUT2D eigenvalue weighted by Crippen LogP contribution is 2.30. The molecule has 1 aromatic carbocycles. The van der Waals surface area contributed by atoms with Crippen LogP contribution in [0.1, 0.15) is 12.5 Å². The Kier molecular flexibility index (Phi) is 4.76. The van der Waals surface area contributed by atoms with Gasteiger partial charge in [-0.05, 0) is 36.8 Å². The first-order chi connectivity index (χ1) is 9.11. The van der Waals surface area contributed by atoms with Gasteiger partial charge in [0, 0.05) is 23.4 Å². The molecule has 6 heteroatoms. The van der Waals surface area contributed by atoms with E-state index in [2.05, 4.69) is 5.32 Å². The monoisotopic (exact) mass is 284 g/mol. The molecule has 1 fully saturated rings. The van der Waals surface area contributed by atoms with Crippen LogP contribution in [0.3, 0.4) is 0 Å². The Morgan fingerprint density at radius 3 is 3.00 bits per heavy atom. The first kappa shape index (κ1) is 14.3. The number of hydrogen-bond acceptors (Lipinski definition) is 4. The Labute approximate surface area is 115 Å². The zero-order chi connectivity index (χ0) is 13.8. The molecule has 0 bridgehead atoms. The molecular formula is C13H17FN2O2S. The number of rotatable bonds is 5. The predicted octanol–water partition coefficient (Wildman–Crippen LogP) is 2.62. The van der Waals surface area contributed by atoms with E-state index in [1.807, 2.05) is 18.7 Å². The van der Waals surface area contributed by atoms with E-state index >= 15 is 0 Å². The van der Waals surface area contributed by atoms with Crippen molar-refractivity contribution < 1.29 is 9.31 Å². The maximum atomic E-state index is 13.3. The molecule has 0 radical (unpaired) electrons. The number of nitro groups is 1. The minimum Gasteiger partial charge on any atom is -0.313 e. The lowest BCUT2D eigenvalue weighted by atomic mass is 9.94. The summed E-state index contributed by atoms with van der Waals surface area (Å²) in [6, 6.07) is 4.06. The lowest BCUT2D eigenvalue weighted by Crippen LogP contribution is -2.36. The molecule has 0 amide bonds. The molecule has 0 saturated carbocycles. The van der Waals surface area contributed by atoms with E-state index in [0.29, 0.717) is 23.9 Å². The van der Waals surface area contributed by atoms with Crippen molar-refractivity contribution in [3.63, 3.8) is 0 Å². The van der Waals surface area contributed by atoms with E-state index in [0.717, 1.165) is 24.1 Å². The van der Waals surface area contributed by atoms with E-state index in [1.54, 1.807) is 0 Å². The number of thioether (sulfide) groups is 1. The quantitative estimate of drug-likeness (QED) is 0.667. The molecule has 0 aromatic heterocycles. The summed E-state index contributed by atoms with van der Waals surface area (Å²) in [6.45, 7) is 2.93. The standard InChI is InChI=1S/C13H17FN2O2S/c1-2-15-12-8-19-7-10(12)5-9-6-11(14)3-4-13(9)16(17)18/h3-4,6,10,12,15H,2,5,7-8H2,1H3. The Bertz CT molecular complexity index is 470. The predicted molar refractivity (Wildman–Crippen MR) is 75.0 cm³/mol. The topological polar surface area (TPSA) is 55.2 Å². The number of nitrogens with one attached hydrogen (secondary N) is 1. The summed E-state index contributed by atoms with van der Waals surface area (Å²) in [5, 5.41) is 14.4. The second-order valence-corrected chi connectivity index (χ2v) is 5.77.